The van der Waals surface area contributed by atoms with Crippen LogP contribution in [0.4, 0.5) is 0 Å². The molecule has 0 N–H and O–H groups in total. The molecule has 2 heterocycles. The lowest BCUT2D eigenvalue weighted by molar-refractivity contribution is 0.0890. The summed E-state index contributed by atoms with van der Waals surface area (Å²) in [6.07, 6.45) is 0. The van der Waals surface area contributed by atoms with Crippen LogP contribution >= 0.6 is 11.6 Å². The Morgan fingerprint density at radius 1 is 1.06 bits per heavy atom. The van der Waals surface area contributed by atoms with Gasteiger partial charge in [0, 0.05) is 23.7 Å². The zero-order chi connectivity index (χ0) is 22.2. The van der Waals surface area contributed by atoms with Gasteiger partial charge < -0.3 is 13.9 Å². The zero-order valence-electron chi connectivity index (χ0n) is 17.9. The standard InChI is InChI=1S/C26H22ClNO4/c1-16-24(19-5-3-4-6-22(19)30-2)25(29)20-11-12-23-21(26(20)32-16)14-28(15-31-23)13-17-7-9-18(27)10-8-17/h3-12H,13-15H2,1-2H3. The van der Waals surface area contributed by atoms with Crippen LogP contribution in [-0.2, 0) is 13.1 Å². The van der Waals surface area contributed by atoms with Gasteiger partial charge >= 0.3 is 0 Å². The van der Waals surface area contributed by atoms with Crippen molar-refractivity contribution in [2.24, 2.45) is 0 Å². The third-order valence-corrected chi connectivity index (χ3v) is 6.03. The van der Waals surface area contributed by atoms with Crippen LogP contribution in [0.3, 0.4) is 0 Å². The second-order valence-corrected chi connectivity index (χ2v) is 8.30. The van der Waals surface area contributed by atoms with Crippen molar-refractivity contribution in [2.45, 2.75) is 20.0 Å². The van der Waals surface area contributed by atoms with E-state index >= 15 is 0 Å². The molecular formula is C26H22ClNO4. The lowest BCUT2D eigenvalue weighted by Crippen LogP contribution is -2.31. The fourth-order valence-electron chi connectivity index (χ4n) is 4.23. The number of hydrogen-bond acceptors (Lipinski definition) is 5. The molecule has 1 aliphatic heterocycles. The maximum absolute atomic E-state index is 13.5. The first-order valence-corrected chi connectivity index (χ1v) is 10.7. The Morgan fingerprint density at radius 3 is 2.62 bits per heavy atom. The highest BCUT2D eigenvalue weighted by Crippen LogP contribution is 2.36. The topological polar surface area (TPSA) is 51.9 Å². The van der Waals surface area contributed by atoms with Crippen LogP contribution in [0, 0.1) is 6.92 Å². The molecule has 5 rings (SSSR count). The number of nitrogens with zero attached hydrogens (tertiary/aromatic N) is 1. The third-order valence-electron chi connectivity index (χ3n) is 5.78. The fourth-order valence-corrected chi connectivity index (χ4v) is 4.36. The third kappa shape index (κ3) is 3.64. The van der Waals surface area contributed by atoms with Gasteiger partial charge in [-0.15, -0.1) is 0 Å². The average Bonchev–Trinajstić information content (AvgIpc) is 2.81. The summed E-state index contributed by atoms with van der Waals surface area (Å²) in [4.78, 5) is 15.7. The monoisotopic (exact) mass is 447 g/mol. The van der Waals surface area contributed by atoms with Crippen LogP contribution in [-0.4, -0.2) is 18.7 Å². The molecule has 0 spiro atoms. The summed E-state index contributed by atoms with van der Waals surface area (Å²) in [5.41, 5.74) is 3.76. The molecule has 5 nitrogen and oxygen atoms in total. The van der Waals surface area contributed by atoms with Crippen molar-refractivity contribution in [3.05, 3.63) is 92.8 Å². The molecule has 162 valence electrons. The lowest BCUT2D eigenvalue weighted by Gasteiger charge is -2.29. The number of benzene rings is 3. The van der Waals surface area contributed by atoms with Crippen LogP contribution in [0.15, 0.2) is 69.9 Å². The highest BCUT2D eigenvalue weighted by molar-refractivity contribution is 6.30. The molecule has 4 aromatic rings. The molecule has 1 aliphatic rings. The van der Waals surface area contributed by atoms with Gasteiger partial charge in [0.15, 0.2) is 0 Å². The molecule has 6 heteroatoms. The van der Waals surface area contributed by atoms with E-state index < -0.39 is 0 Å². The predicted molar refractivity (Wildman–Crippen MR) is 125 cm³/mol. The molecule has 0 atom stereocenters. The quantitative estimate of drug-likeness (QED) is 0.396. The van der Waals surface area contributed by atoms with Crippen LogP contribution in [0.5, 0.6) is 11.5 Å². The second kappa shape index (κ2) is 8.34. The molecule has 0 saturated heterocycles. The Balaban J connectivity index is 1.57. The van der Waals surface area contributed by atoms with Crippen molar-refractivity contribution >= 4 is 22.6 Å². The van der Waals surface area contributed by atoms with Gasteiger partial charge in [0.05, 0.1) is 23.6 Å². The highest BCUT2D eigenvalue weighted by Gasteiger charge is 2.24. The van der Waals surface area contributed by atoms with Gasteiger partial charge in [-0.05, 0) is 42.8 Å². The van der Waals surface area contributed by atoms with E-state index in [1.807, 2.05) is 61.5 Å². The van der Waals surface area contributed by atoms with E-state index in [4.69, 9.17) is 25.5 Å². The van der Waals surface area contributed by atoms with E-state index in [1.165, 1.54) is 0 Å². The van der Waals surface area contributed by atoms with Crippen LogP contribution in [0.25, 0.3) is 22.1 Å². The van der Waals surface area contributed by atoms with Gasteiger partial charge in [-0.1, -0.05) is 41.9 Å². The van der Waals surface area contributed by atoms with Crippen LogP contribution in [0.1, 0.15) is 16.9 Å². The van der Waals surface area contributed by atoms with Gasteiger partial charge in [0.25, 0.3) is 0 Å². The van der Waals surface area contributed by atoms with E-state index in [1.54, 1.807) is 13.2 Å². The average molecular weight is 448 g/mol. The maximum Gasteiger partial charge on any atom is 0.200 e. The Bertz CT molecular complexity index is 1360. The second-order valence-electron chi connectivity index (χ2n) is 7.87. The molecule has 0 aliphatic carbocycles. The van der Waals surface area contributed by atoms with Gasteiger partial charge in [-0.3, -0.25) is 9.69 Å². The number of hydrogen-bond donors (Lipinski definition) is 0. The number of para-hydroxylation sites is 1. The lowest BCUT2D eigenvalue weighted by atomic mass is 9.99. The molecule has 3 aromatic carbocycles. The zero-order valence-corrected chi connectivity index (χ0v) is 18.6. The summed E-state index contributed by atoms with van der Waals surface area (Å²) in [6.45, 7) is 3.60. The fraction of sp³-hybridized carbons (Fsp3) is 0.192. The normalized spacial score (nSPS) is 13.6. The Labute approximate surface area is 190 Å². The number of methoxy groups -OCH3 is 1. The van der Waals surface area contributed by atoms with Gasteiger partial charge in [-0.2, -0.15) is 0 Å². The molecule has 0 amide bonds. The number of halogens is 1. The van der Waals surface area contributed by atoms with Crippen molar-refractivity contribution in [3.8, 4) is 22.6 Å². The van der Waals surface area contributed by atoms with E-state index in [0.717, 1.165) is 22.4 Å². The van der Waals surface area contributed by atoms with Gasteiger partial charge in [0.1, 0.15) is 29.6 Å². The first kappa shape index (κ1) is 20.6. The number of ether oxygens (including phenoxy) is 2. The number of rotatable bonds is 4. The summed E-state index contributed by atoms with van der Waals surface area (Å²) in [5.74, 6) is 1.94. The first-order chi connectivity index (χ1) is 15.5. The maximum atomic E-state index is 13.5. The number of fused-ring (bicyclic) bond motifs is 3. The van der Waals surface area contributed by atoms with Crippen molar-refractivity contribution in [3.63, 3.8) is 0 Å². The Morgan fingerprint density at radius 2 is 1.84 bits per heavy atom. The molecule has 0 bridgehead atoms. The minimum Gasteiger partial charge on any atom is -0.496 e. The molecule has 0 unspecified atom stereocenters. The van der Waals surface area contributed by atoms with Crippen molar-refractivity contribution in [2.75, 3.05) is 13.8 Å². The van der Waals surface area contributed by atoms with E-state index in [0.29, 0.717) is 52.9 Å². The van der Waals surface area contributed by atoms with E-state index in [9.17, 15) is 4.79 Å². The summed E-state index contributed by atoms with van der Waals surface area (Å²) < 4.78 is 17.7. The molecule has 0 saturated carbocycles. The Kier molecular flexibility index (Phi) is 5.37. The van der Waals surface area contributed by atoms with Crippen LogP contribution < -0.4 is 14.9 Å². The minimum atomic E-state index is -0.0779. The summed E-state index contributed by atoms with van der Waals surface area (Å²) in [5, 5.41) is 1.25. The van der Waals surface area contributed by atoms with Crippen LogP contribution in [0.2, 0.25) is 5.02 Å². The largest absolute Gasteiger partial charge is 0.496 e. The number of aryl methyl sites for hydroxylation is 1. The molecule has 1 aromatic heterocycles. The SMILES string of the molecule is COc1ccccc1-c1c(C)oc2c3c(ccc2c1=O)OCN(Cc1ccc(Cl)cc1)C3. The predicted octanol–water partition coefficient (Wildman–Crippen LogP) is 5.78. The minimum absolute atomic E-state index is 0.0779. The van der Waals surface area contributed by atoms with Gasteiger partial charge in [-0.25, -0.2) is 0 Å². The van der Waals surface area contributed by atoms with Crippen molar-refractivity contribution in [1.29, 1.82) is 0 Å². The summed E-state index contributed by atoms with van der Waals surface area (Å²) in [6, 6.07) is 18.9. The molecule has 32 heavy (non-hydrogen) atoms. The smallest absolute Gasteiger partial charge is 0.200 e. The summed E-state index contributed by atoms with van der Waals surface area (Å²) in [7, 11) is 1.60. The molecule has 0 fully saturated rings. The van der Waals surface area contributed by atoms with E-state index in [2.05, 4.69) is 4.90 Å². The molecule has 0 radical (unpaired) electrons. The van der Waals surface area contributed by atoms with E-state index in [-0.39, 0.29) is 5.43 Å². The highest BCUT2D eigenvalue weighted by atomic mass is 35.5. The summed E-state index contributed by atoms with van der Waals surface area (Å²) >= 11 is 6.00. The Hall–Kier alpha value is -3.28. The van der Waals surface area contributed by atoms with Gasteiger partial charge in [0.2, 0.25) is 5.43 Å². The molecular weight excluding hydrogens is 426 g/mol. The first-order valence-electron chi connectivity index (χ1n) is 10.4. The van der Waals surface area contributed by atoms with Crippen molar-refractivity contribution in [1.82, 2.24) is 4.90 Å². The van der Waals surface area contributed by atoms with Crippen molar-refractivity contribution < 1.29 is 13.9 Å².